The van der Waals surface area contributed by atoms with Crippen molar-refractivity contribution in [3.63, 3.8) is 0 Å². The highest BCUT2D eigenvalue weighted by molar-refractivity contribution is 5.81. The molecule has 160 valence electrons. The summed E-state index contributed by atoms with van der Waals surface area (Å²) in [5.74, 6) is 0.199. The molecular formula is C21H43N3O3. The average molecular weight is 386 g/mol. The van der Waals surface area contributed by atoms with Gasteiger partial charge in [-0.1, -0.05) is 48.0 Å². The van der Waals surface area contributed by atoms with E-state index in [9.17, 15) is 9.59 Å². The van der Waals surface area contributed by atoms with E-state index in [1.165, 1.54) is 0 Å². The Morgan fingerprint density at radius 2 is 1.59 bits per heavy atom. The Kier molecular flexibility index (Phi) is 12.6. The zero-order valence-corrected chi connectivity index (χ0v) is 18.7. The maximum Gasteiger partial charge on any atom is 0.225 e. The van der Waals surface area contributed by atoms with Gasteiger partial charge in [0.25, 0.3) is 0 Å². The monoisotopic (exact) mass is 385 g/mol. The molecule has 0 aliphatic carbocycles. The molecule has 0 unspecified atom stereocenters. The lowest BCUT2D eigenvalue weighted by Crippen LogP contribution is -2.38. The zero-order chi connectivity index (χ0) is 20.9. The first kappa shape index (κ1) is 25.9. The molecule has 0 spiro atoms. The van der Waals surface area contributed by atoms with E-state index in [2.05, 4.69) is 38.3 Å². The van der Waals surface area contributed by atoms with Crippen molar-refractivity contribution in [1.29, 1.82) is 0 Å². The van der Waals surface area contributed by atoms with E-state index < -0.39 is 5.41 Å². The summed E-state index contributed by atoms with van der Waals surface area (Å²) >= 11 is 0. The molecule has 0 aromatic carbocycles. The first-order valence-electron chi connectivity index (χ1n) is 10.4. The third kappa shape index (κ3) is 14.6. The number of nitrogens with one attached hydrogen (secondary N) is 2. The van der Waals surface area contributed by atoms with Crippen LogP contribution in [0.2, 0.25) is 0 Å². The molecule has 2 N–H and O–H groups in total. The number of amides is 2. The Morgan fingerprint density at radius 3 is 2.19 bits per heavy atom. The molecule has 0 rings (SSSR count). The second-order valence-electron chi connectivity index (χ2n) is 9.19. The van der Waals surface area contributed by atoms with Crippen LogP contribution in [0.4, 0.5) is 0 Å². The topological polar surface area (TPSA) is 70.7 Å². The maximum absolute atomic E-state index is 12.2. The Balaban J connectivity index is 3.83. The smallest absolute Gasteiger partial charge is 0.225 e. The summed E-state index contributed by atoms with van der Waals surface area (Å²) in [6.07, 6.45) is 5.05. The van der Waals surface area contributed by atoms with Gasteiger partial charge in [-0.3, -0.25) is 14.4 Å². The predicted molar refractivity (Wildman–Crippen MR) is 111 cm³/mol. The molecule has 0 fully saturated rings. The fraction of sp³-hybridized carbons (Fsp3) is 0.905. The van der Waals surface area contributed by atoms with Crippen molar-refractivity contribution >= 4 is 11.8 Å². The molecule has 0 saturated heterocycles. The van der Waals surface area contributed by atoms with E-state index >= 15 is 0 Å². The molecule has 0 aliphatic heterocycles. The molecule has 0 heterocycles. The Bertz CT molecular complexity index is 431. The van der Waals surface area contributed by atoms with Crippen molar-refractivity contribution in [2.45, 2.75) is 80.1 Å². The Hall–Kier alpha value is -1.14. The van der Waals surface area contributed by atoms with Gasteiger partial charge < -0.3 is 10.6 Å². The molecule has 2 amide bonds. The second kappa shape index (κ2) is 13.1. The number of hydrogen-bond acceptors (Lipinski definition) is 4. The minimum Gasteiger partial charge on any atom is -0.356 e. The van der Waals surface area contributed by atoms with Crippen LogP contribution in [0.3, 0.4) is 0 Å². The summed E-state index contributed by atoms with van der Waals surface area (Å²) in [5, 5.41) is 7.73. The maximum atomic E-state index is 12.2. The molecule has 0 radical (unpaired) electrons. The van der Waals surface area contributed by atoms with Crippen LogP contribution in [0, 0.1) is 10.8 Å². The highest BCUT2D eigenvalue weighted by Crippen LogP contribution is 2.21. The lowest BCUT2D eigenvalue weighted by molar-refractivity contribution is -0.151. The molecule has 0 saturated carbocycles. The number of carbonyl (C=O) groups is 2. The fourth-order valence-electron chi connectivity index (χ4n) is 2.36. The average Bonchev–Trinajstić information content (AvgIpc) is 2.56. The number of hydroxylamine groups is 2. The van der Waals surface area contributed by atoms with Crippen molar-refractivity contribution in [3.8, 4) is 0 Å². The van der Waals surface area contributed by atoms with Crippen molar-refractivity contribution in [2.24, 2.45) is 10.8 Å². The van der Waals surface area contributed by atoms with Crippen molar-refractivity contribution in [3.05, 3.63) is 0 Å². The van der Waals surface area contributed by atoms with Gasteiger partial charge in [0, 0.05) is 38.5 Å². The van der Waals surface area contributed by atoms with E-state index in [1.54, 1.807) is 5.06 Å². The normalized spacial score (nSPS) is 12.3. The predicted octanol–water partition coefficient (Wildman–Crippen LogP) is 3.52. The Labute approximate surface area is 166 Å². The molecule has 27 heavy (non-hydrogen) atoms. The first-order valence-corrected chi connectivity index (χ1v) is 10.4. The van der Waals surface area contributed by atoms with E-state index in [1.807, 2.05) is 20.9 Å². The largest absolute Gasteiger partial charge is 0.356 e. The minimum absolute atomic E-state index is 0.0835. The summed E-state index contributed by atoms with van der Waals surface area (Å²) < 4.78 is 0. The van der Waals surface area contributed by atoms with Gasteiger partial charge in [0.1, 0.15) is 0 Å². The third-order valence-electron chi connectivity index (χ3n) is 4.54. The number of unbranched alkanes of at least 4 members (excludes halogenated alkanes) is 1. The van der Waals surface area contributed by atoms with E-state index in [0.29, 0.717) is 26.0 Å². The number of carbonyl (C=O) groups excluding carboxylic acids is 2. The lowest BCUT2D eigenvalue weighted by Gasteiger charge is -2.25. The van der Waals surface area contributed by atoms with Gasteiger partial charge in [-0.15, -0.1) is 0 Å². The van der Waals surface area contributed by atoms with E-state index in [4.69, 9.17) is 4.84 Å². The van der Waals surface area contributed by atoms with E-state index in [-0.39, 0.29) is 17.2 Å². The minimum atomic E-state index is -0.435. The summed E-state index contributed by atoms with van der Waals surface area (Å²) in [7, 11) is 1.88. The van der Waals surface area contributed by atoms with Crippen LogP contribution in [-0.2, 0) is 14.4 Å². The van der Waals surface area contributed by atoms with E-state index in [0.717, 1.165) is 38.8 Å². The van der Waals surface area contributed by atoms with Crippen LogP contribution in [-0.4, -0.2) is 50.2 Å². The molecule has 0 aromatic heterocycles. The van der Waals surface area contributed by atoms with Crippen LogP contribution in [0.5, 0.6) is 0 Å². The summed E-state index contributed by atoms with van der Waals surface area (Å²) in [4.78, 5) is 29.7. The molecular weight excluding hydrogens is 342 g/mol. The van der Waals surface area contributed by atoms with Crippen molar-refractivity contribution < 1.29 is 14.4 Å². The van der Waals surface area contributed by atoms with Gasteiger partial charge in [-0.2, -0.15) is 5.06 Å². The zero-order valence-electron chi connectivity index (χ0n) is 18.7. The van der Waals surface area contributed by atoms with Crippen molar-refractivity contribution in [1.82, 2.24) is 15.7 Å². The number of rotatable bonds is 14. The molecule has 6 nitrogen and oxygen atoms in total. The van der Waals surface area contributed by atoms with Gasteiger partial charge in [-0.25, -0.2) is 0 Å². The lowest BCUT2D eigenvalue weighted by atomic mass is 9.88. The molecule has 6 heteroatoms. The van der Waals surface area contributed by atoms with Crippen LogP contribution in [0.1, 0.15) is 80.1 Å². The molecule has 0 aromatic rings. The van der Waals surface area contributed by atoms with Gasteiger partial charge >= 0.3 is 0 Å². The van der Waals surface area contributed by atoms with Crippen LogP contribution >= 0.6 is 0 Å². The van der Waals surface area contributed by atoms with Gasteiger partial charge in [0.2, 0.25) is 11.8 Å². The summed E-state index contributed by atoms with van der Waals surface area (Å²) in [5.41, 5.74) is -0.248. The highest BCUT2D eigenvalue weighted by Gasteiger charge is 2.27. The number of hydrogen-bond donors (Lipinski definition) is 2. The summed E-state index contributed by atoms with van der Waals surface area (Å²) in [6.45, 7) is 15.1. The molecule has 0 atom stereocenters. The Morgan fingerprint density at radius 1 is 0.963 bits per heavy atom. The van der Waals surface area contributed by atoms with Gasteiger partial charge in [-0.05, 0) is 31.1 Å². The standard InChI is InChI=1S/C21H43N3O3/c1-8-9-14-23-19(26)21(5,6)13-17-27-24(7)16-10-15-22-18(25)11-12-20(2,3)4/h8-17H2,1-7H3,(H,22,25)(H,23,26). The van der Waals surface area contributed by atoms with Crippen LogP contribution in [0.15, 0.2) is 0 Å². The molecule has 0 bridgehead atoms. The van der Waals surface area contributed by atoms with Crippen molar-refractivity contribution in [2.75, 3.05) is 33.3 Å². The van der Waals surface area contributed by atoms with Gasteiger partial charge in [0.15, 0.2) is 0 Å². The van der Waals surface area contributed by atoms with Crippen LogP contribution in [0.25, 0.3) is 0 Å². The molecule has 0 aliphatic rings. The first-order chi connectivity index (χ1) is 12.5. The number of nitrogens with zero attached hydrogens (tertiary/aromatic N) is 1. The second-order valence-corrected chi connectivity index (χ2v) is 9.19. The third-order valence-corrected chi connectivity index (χ3v) is 4.54. The highest BCUT2D eigenvalue weighted by atomic mass is 16.7. The SMILES string of the molecule is CCCCNC(=O)C(C)(C)CCON(C)CCCNC(=O)CCC(C)(C)C. The fourth-order valence-corrected chi connectivity index (χ4v) is 2.36. The van der Waals surface area contributed by atoms with Crippen LogP contribution < -0.4 is 10.6 Å². The van der Waals surface area contributed by atoms with Gasteiger partial charge in [0.05, 0.1) is 6.61 Å². The summed E-state index contributed by atoms with van der Waals surface area (Å²) in [6, 6.07) is 0. The quantitative estimate of drug-likeness (QED) is 0.354.